The molecule has 0 aromatic carbocycles. The molecule has 16 heavy (non-hydrogen) atoms. The van der Waals surface area contributed by atoms with E-state index in [-0.39, 0.29) is 6.10 Å². The molecule has 1 saturated carbocycles. The van der Waals surface area contributed by atoms with E-state index in [0.717, 1.165) is 18.9 Å². The van der Waals surface area contributed by atoms with Crippen molar-refractivity contribution in [2.24, 2.45) is 11.8 Å². The summed E-state index contributed by atoms with van der Waals surface area (Å²) in [5.41, 5.74) is 0. The maximum atomic E-state index is 10.0. The predicted molar refractivity (Wildman–Crippen MR) is 67.4 cm³/mol. The molecule has 1 N–H and O–H groups in total. The van der Waals surface area contributed by atoms with Crippen LogP contribution in [-0.4, -0.2) is 35.2 Å². The van der Waals surface area contributed by atoms with Gasteiger partial charge in [-0.2, -0.15) is 0 Å². The molecule has 0 aromatic rings. The molecule has 2 nitrogen and oxygen atoms in total. The normalized spacial score (nSPS) is 42.2. The summed E-state index contributed by atoms with van der Waals surface area (Å²) in [4.78, 5) is 2.62. The van der Waals surface area contributed by atoms with Gasteiger partial charge >= 0.3 is 0 Å². The largest absolute Gasteiger partial charge is 0.393 e. The van der Waals surface area contributed by atoms with Gasteiger partial charge in [0.15, 0.2) is 0 Å². The number of rotatable bonds is 2. The highest BCUT2D eigenvalue weighted by Gasteiger charge is 2.30. The zero-order chi connectivity index (χ0) is 11.5. The van der Waals surface area contributed by atoms with E-state index in [4.69, 9.17) is 0 Å². The number of hydrogen-bond donors (Lipinski definition) is 1. The molecule has 4 unspecified atom stereocenters. The fourth-order valence-corrected chi connectivity index (χ4v) is 3.38. The average molecular weight is 225 g/mol. The van der Waals surface area contributed by atoms with Crippen LogP contribution in [0.5, 0.6) is 0 Å². The van der Waals surface area contributed by atoms with Crippen LogP contribution in [-0.2, 0) is 0 Å². The molecule has 4 atom stereocenters. The van der Waals surface area contributed by atoms with Gasteiger partial charge in [-0.25, -0.2) is 0 Å². The lowest BCUT2D eigenvalue weighted by Gasteiger charge is -2.41. The van der Waals surface area contributed by atoms with Crippen LogP contribution >= 0.6 is 0 Å². The minimum atomic E-state index is -0.0295. The van der Waals surface area contributed by atoms with Crippen molar-refractivity contribution in [2.75, 3.05) is 13.1 Å². The Bertz CT molecular complexity index is 219. The molecular weight excluding hydrogens is 198 g/mol. The number of piperidine rings is 1. The van der Waals surface area contributed by atoms with Crippen molar-refractivity contribution < 1.29 is 5.11 Å². The third kappa shape index (κ3) is 2.78. The van der Waals surface area contributed by atoms with Crippen molar-refractivity contribution in [3.63, 3.8) is 0 Å². The Balaban J connectivity index is 1.87. The van der Waals surface area contributed by atoms with Gasteiger partial charge in [0.1, 0.15) is 0 Å². The van der Waals surface area contributed by atoms with Crippen molar-refractivity contribution >= 4 is 0 Å². The lowest BCUT2D eigenvalue weighted by molar-refractivity contribution is 0.0200. The second-order valence-corrected chi connectivity index (χ2v) is 5.97. The highest BCUT2D eigenvalue weighted by atomic mass is 16.3. The van der Waals surface area contributed by atoms with Crippen molar-refractivity contribution in [1.29, 1.82) is 0 Å². The van der Waals surface area contributed by atoms with Crippen molar-refractivity contribution in [3.8, 4) is 0 Å². The first-order valence-corrected chi connectivity index (χ1v) is 7.10. The molecule has 2 rings (SSSR count). The maximum absolute atomic E-state index is 10.0. The molecule has 0 radical (unpaired) electrons. The van der Waals surface area contributed by atoms with E-state index in [1.54, 1.807) is 0 Å². The maximum Gasteiger partial charge on any atom is 0.0580 e. The first kappa shape index (κ1) is 12.4. The fourth-order valence-electron chi connectivity index (χ4n) is 3.38. The van der Waals surface area contributed by atoms with E-state index in [9.17, 15) is 5.11 Å². The van der Waals surface area contributed by atoms with Crippen LogP contribution in [0.4, 0.5) is 0 Å². The van der Waals surface area contributed by atoms with Crippen molar-refractivity contribution in [1.82, 2.24) is 4.90 Å². The molecular formula is C14H27NO. The molecule has 1 aliphatic carbocycles. The topological polar surface area (TPSA) is 23.5 Å². The standard InChI is InChI=1S/C14H27NO/c1-11-6-5-9-15(12(11)2)10-13-7-3-4-8-14(13)16/h11-14,16H,3-10H2,1-2H3. The summed E-state index contributed by atoms with van der Waals surface area (Å²) in [6, 6.07) is 0.711. The molecule has 1 saturated heterocycles. The van der Waals surface area contributed by atoms with Gasteiger partial charge in [-0.1, -0.05) is 19.8 Å². The van der Waals surface area contributed by atoms with E-state index in [1.807, 2.05) is 0 Å². The number of aliphatic hydroxyl groups excluding tert-OH is 1. The van der Waals surface area contributed by atoms with E-state index in [0.29, 0.717) is 12.0 Å². The quantitative estimate of drug-likeness (QED) is 0.781. The first-order chi connectivity index (χ1) is 7.68. The van der Waals surface area contributed by atoms with Crippen LogP contribution < -0.4 is 0 Å². The molecule has 94 valence electrons. The molecule has 2 heteroatoms. The number of likely N-dealkylation sites (tertiary alicyclic amines) is 1. The van der Waals surface area contributed by atoms with Gasteiger partial charge in [0.05, 0.1) is 6.10 Å². The van der Waals surface area contributed by atoms with Gasteiger partial charge in [0.2, 0.25) is 0 Å². The second-order valence-electron chi connectivity index (χ2n) is 5.97. The van der Waals surface area contributed by atoms with Gasteiger partial charge in [0.25, 0.3) is 0 Å². The van der Waals surface area contributed by atoms with Crippen LogP contribution in [0.1, 0.15) is 52.4 Å². The first-order valence-electron chi connectivity index (χ1n) is 7.10. The van der Waals surface area contributed by atoms with Crippen LogP contribution in [0.3, 0.4) is 0 Å². The monoisotopic (exact) mass is 225 g/mol. The Labute approximate surface area is 100 Å². The molecule has 2 fully saturated rings. The zero-order valence-corrected chi connectivity index (χ0v) is 10.9. The molecule has 0 aromatic heterocycles. The van der Waals surface area contributed by atoms with Crippen molar-refractivity contribution in [3.05, 3.63) is 0 Å². The summed E-state index contributed by atoms with van der Waals surface area (Å²) in [5, 5.41) is 10.0. The Morgan fingerprint density at radius 1 is 1.06 bits per heavy atom. The summed E-state index contributed by atoms with van der Waals surface area (Å²) in [7, 11) is 0. The van der Waals surface area contributed by atoms with Gasteiger partial charge < -0.3 is 10.0 Å². The number of nitrogens with zero attached hydrogens (tertiary/aromatic N) is 1. The molecule has 1 heterocycles. The third-order valence-electron chi connectivity index (χ3n) is 4.84. The Hall–Kier alpha value is -0.0800. The zero-order valence-electron chi connectivity index (χ0n) is 10.9. The molecule has 0 amide bonds. The van der Waals surface area contributed by atoms with Gasteiger partial charge in [-0.15, -0.1) is 0 Å². The average Bonchev–Trinajstić information content (AvgIpc) is 2.28. The van der Waals surface area contributed by atoms with Crippen LogP contribution in [0.2, 0.25) is 0 Å². The minimum Gasteiger partial charge on any atom is -0.393 e. The summed E-state index contributed by atoms with van der Waals surface area (Å²) in [5.74, 6) is 1.37. The van der Waals surface area contributed by atoms with Crippen LogP contribution in [0.25, 0.3) is 0 Å². The highest BCUT2D eigenvalue weighted by molar-refractivity contribution is 4.83. The van der Waals surface area contributed by atoms with Crippen molar-refractivity contribution in [2.45, 2.75) is 64.5 Å². The predicted octanol–water partition coefficient (Wildman–Crippen LogP) is 2.66. The Morgan fingerprint density at radius 2 is 1.81 bits per heavy atom. The molecule has 1 aliphatic heterocycles. The summed E-state index contributed by atoms with van der Waals surface area (Å²) in [6.45, 7) is 7.11. The fraction of sp³-hybridized carbons (Fsp3) is 1.00. The third-order valence-corrected chi connectivity index (χ3v) is 4.84. The Kier molecular flexibility index (Phi) is 4.26. The number of aliphatic hydroxyl groups is 1. The van der Waals surface area contributed by atoms with Crippen LogP contribution in [0.15, 0.2) is 0 Å². The van der Waals surface area contributed by atoms with Crippen LogP contribution in [0, 0.1) is 11.8 Å². The summed E-state index contributed by atoms with van der Waals surface area (Å²) >= 11 is 0. The lowest BCUT2D eigenvalue weighted by Crippen LogP contribution is -2.46. The van der Waals surface area contributed by atoms with Gasteiger partial charge in [0, 0.05) is 12.6 Å². The summed E-state index contributed by atoms with van der Waals surface area (Å²) in [6.07, 6.45) is 7.50. The highest BCUT2D eigenvalue weighted by Crippen LogP contribution is 2.29. The van der Waals surface area contributed by atoms with E-state index >= 15 is 0 Å². The SMILES string of the molecule is CC1CCCN(CC2CCCCC2O)C1C. The molecule has 2 aliphatic rings. The minimum absolute atomic E-state index is 0.0295. The lowest BCUT2D eigenvalue weighted by atomic mass is 9.84. The van der Waals surface area contributed by atoms with E-state index in [2.05, 4.69) is 18.7 Å². The van der Waals surface area contributed by atoms with E-state index in [1.165, 1.54) is 38.6 Å². The van der Waals surface area contributed by atoms with Gasteiger partial charge in [-0.05, 0) is 51.0 Å². The number of hydrogen-bond acceptors (Lipinski definition) is 2. The molecule has 0 bridgehead atoms. The van der Waals surface area contributed by atoms with Gasteiger partial charge in [-0.3, -0.25) is 0 Å². The smallest absolute Gasteiger partial charge is 0.0580 e. The second kappa shape index (κ2) is 5.50. The van der Waals surface area contributed by atoms with E-state index < -0.39 is 0 Å². The molecule has 0 spiro atoms. The Morgan fingerprint density at radius 3 is 2.56 bits per heavy atom. The summed E-state index contributed by atoms with van der Waals surface area (Å²) < 4.78 is 0.